The predicted octanol–water partition coefficient (Wildman–Crippen LogP) is 2.82. The average Bonchev–Trinajstić information content (AvgIpc) is 2.44. The smallest absolute Gasteiger partial charge is 0.271 e. The van der Waals surface area contributed by atoms with E-state index >= 15 is 0 Å². The molecule has 0 radical (unpaired) electrons. The summed E-state index contributed by atoms with van der Waals surface area (Å²) in [6, 6.07) is 9.10. The third-order valence-corrected chi connectivity index (χ3v) is 2.76. The summed E-state index contributed by atoms with van der Waals surface area (Å²) in [6.07, 6.45) is 0. The van der Waals surface area contributed by atoms with Crippen LogP contribution in [-0.2, 0) is 0 Å². The topological polar surface area (TPSA) is 61.7 Å². The molecule has 2 rings (SSSR count). The Kier molecular flexibility index (Phi) is 4.27. The number of phenolic OH excluding ortho intramolecular Hbond substituents is 1. The zero-order valence-electron chi connectivity index (χ0n) is 11.1. The first-order valence-electron chi connectivity index (χ1n) is 6.07. The number of hydrogen-bond acceptors (Lipinski definition) is 3. The summed E-state index contributed by atoms with van der Waals surface area (Å²) in [6.45, 7) is 1.38. The van der Waals surface area contributed by atoms with Crippen molar-refractivity contribution in [3.05, 3.63) is 65.2 Å². The number of nitrogens with one attached hydrogen (secondary N) is 1. The van der Waals surface area contributed by atoms with Crippen LogP contribution < -0.4 is 5.43 Å². The zero-order valence-corrected chi connectivity index (χ0v) is 11.1. The molecule has 0 spiro atoms. The van der Waals surface area contributed by atoms with E-state index in [4.69, 9.17) is 0 Å². The molecular weight excluding hydrogens is 278 g/mol. The summed E-state index contributed by atoms with van der Waals surface area (Å²) < 4.78 is 27.1. The van der Waals surface area contributed by atoms with Crippen LogP contribution in [0.15, 0.2) is 47.6 Å². The number of benzene rings is 2. The first kappa shape index (κ1) is 14.6. The molecule has 6 heteroatoms. The van der Waals surface area contributed by atoms with Crippen LogP contribution in [0.1, 0.15) is 22.8 Å². The van der Waals surface area contributed by atoms with Crippen molar-refractivity contribution >= 4 is 11.6 Å². The van der Waals surface area contributed by atoms with Gasteiger partial charge in [-0.2, -0.15) is 5.10 Å². The number of halogens is 2. The van der Waals surface area contributed by atoms with E-state index in [1.54, 1.807) is 0 Å². The highest BCUT2D eigenvalue weighted by atomic mass is 19.1. The number of nitrogens with zero attached hydrogens (tertiary/aromatic N) is 1. The Morgan fingerprint density at radius 3 is 2.38 bits per heavy atom. The van der Waals surface area contributed by atoms with Crippen LogP contribution in [0.4, 0.5) is 8.78 Å². The van der Waals surface area contributed by atoms with Gasteiger partial charge in [0.2, 0.25) is 0 Å². The average molecular weight is 290 g/mol. The van der Waals surface area contributed by atoms with Crippen LogP contribution in [0.25, 0.3) is 0 Å². The molecule has 0 heterocycles. The molecule has 4 nitrogen and oxygen atoms in total. The molecule has 2 aromatic rings. The van der Waals surface area contributed by atoms with Gasteiger partial charge in [-0.25, -0.2) is 14.2 Å². The summed E-state index contributed by atoms with van der Waals surface area (Å²) in [5, 5.41) is 13.0. The van der Waals surface area contributed by atoms with Gasteiger partial charge < -0.3 is 5.11 Å². The number of carbonyl (C=O) groups excluding carboxylic acids is 1. The normalized spacial score (nSPS) is 11.3. The fourth-order valence-corrected chi connectivity index (χ4v) is 1.75. The van der Waals surface area contributed by atoms with Crippen LogP contribution in [0.3, 0.4) is 0 Å². The molecule has 2 aromatic carbocycles. The first-order chi connectivity index (χ1) is 9.99. The molecule has 0 aromatic heterocycles. The highest BCUT2D eigenvalue weighted by Gasteiger charge is 2.12. The third-order valence-electron chi connectivity index (χ3n) is 2.76. The monoisotopic (exact) mass is 290 g/mol. The van der Waals surface area contributed by atoms with E-state index in [2.05, 4.69) is 10.5 Å². The van der Waals surface area contributed by atoms with Crippen LogP contribution >= 0.6 is 0 Å². The SMILES string of the molecule is C/C(=N/NC(=O)c1cccc(O)c1)c1c(F)cccc1F. The van der Waals surface area contributed by atoms with Crippen LogP contribution in [0.5, 0.6) is 5.75 Å². The fraction of sp³-hybridized carbons (Fsp3) is 0.0667. The van der Waals surface area contributed by atoms with Crippen LogP contribution in [-0.4, -0.2) is 16.7 Å². The van der Waals surface area contributed by atoms with E-state index in [1.807, 2.05) is 0 Å². The van der Waals surface area contributed by atoms with Gasteiger partial charge in [-0.15, -0.1) is 0 Å². The summed E-state index contributed by atoms with van der Waals surface area (Å²) in [5.74, 6) is -2.18. The lowest BCUT2D eigenvalue weighted by molar-refractivity contribution is 0.0954. The van der Waals surface area contributed by atoms with Crippen molar-refractivity contribution in [2.75, 3.05) is 0 Å². The molecule has 0 saturated heterocycles. The molecule has 0 aliphatic carbocycles. The van der Waals surface area contributed by atoms with Gasteiger partial charge in [0, 0.05) is 5.56 Å². The standard InChI is InChI=1S/C15H12F2N2O2/c1-9(14-12(16)6-3-7-13(14)17)18-19-15(21)10-4-2-5-11(20)8-10/h2-8,20H,1H3,(H,19,21)/b18-9-. The molecule has 0 fully saturated rings. The number of carbonyl (C=O) groups is 1. The lowest BCUT2D eigenvalue weighted by atomic mass is 10.1. The zero-order chi connectivity index (χ0) is 15.4. The number of aromatic hydroxyl groups is 1. The number of rotatable bonds is 3. The maximum atomic E-state index is 13.5. The van der Waals surface area contributed by atoms with E-state index in [1.165, 1.54) is 37.3 Å². The molecule has 0 aliphatic heterocycles. The lowest BCUT2D eigenvalue weighted by Crippen LogP contribution is -2.20. The number of hydrogen-bond donors (Lipinski definition) is 2. The summed E-state index contributed by atoms with van der Waals surface area (Å²) in [7, 11) is 0. The van der Waals surface area contributed by atoms with E-state index in [0.29, 0.717) is 0 Å². The third kappa shape index (κ3) is 3.42. The molecule has 0 atom stereocenters. The van der Waals surface area contributed by atoms with E-state index in [0.717, 1.165) is 12.1 Å². The van der Waals surface area contributed by atoms with Gasteiger partial charge in [-0.1, -0.05) is 12.1 Å². The molecule has 21 heavy (non-hydrogen) atoms. The summed E-state index contributed by atoms with van der Waals surface area (Å²) >= 11 is 0. The Morgan fingerprint density at radius 1 is 1.14 bits per heavy atom. The van der Waals surface area contributed by atoms with Crippen LogP contribution in [0, 0.1) is 11.6 Å². The van der Waals surface area contributed by atoms with Crippen molar-refractivity contribution in [2.24, 2.45) is 5.10 Å². The van der Waals surface area contributed by atoms with Crippen molar-refractivity contribution in [3.8, 4) is 5.75 Å². The minimum Gasteiger partial charge on any atom is -0.508 e. The minimum atomic E-state index is -0.761. The Balaban J connectivity index is 2.19. The summed E-state index contributed by atoms with van der Waals surface area (Å²) in [5.41, 5.74) is 2.07. The van der Waals surface area contributed by atoms with Gasteiger partial charge in [0.05, 0.1) is 11.3 Å². The number of phenols is 1. The van der Waals surface area contributed by atoms with Gasteiger partial charge in [0.15, 0.2) is 0 Å². The fourth-order valence-electron chi connectivity index (χ4n) is 1.75. The van der Waals surface area contributed by atoms with Crippen molar-refractivity contribution in [3.63, 3.8) is 0 Å². The van der Waals surface area contributed by atoms with Gasteiger partial charge >= 0.3 is 0 Å². The maximum Gasteiger partial charge on any atom is 0.271 e. The predicted molar refractivity (Wildman–Crippen MR) is 74.1 cm³/mol. The number of amides is 1. The van der Waals surface area contributed by atoms with E-state index < -0.39 is 17.5 Å². The van der Waals surface area contributed by atoms with Crippen molar-refractivity contribution in [1.29, 1.82) is 0 Å². The summed E-state index contributed by atoms with van der Waals surface area (Å²) in [4.78, 5) is 11.8. The molecule has 0 bridgehead atoms. The molecule has 0 aliphatic rings. The Labute approximate surface area is 119 Å². The quantitative estimate of drug-likeness (QED) is 0.674. The van der Waals surface area contributed by atoms with Gasteiger partial charge in [-0.05, 0) is 37.3 Å². The van der Waals surface area contributed by atoms with Gasteiger partial charge in [0.1, 0.15) is 17.4 Å². The second kappa shape index (κ2) is 6.13. The minimum absolute atomic E-state index is 0.000830. The molecule has 108 valence electrons. The van der Waals surface area contributed by atoms with Crippen molar-refractivity contribution in [2.45, 2.75) is 6.92 Å². The molecule has 2 N–H and O–H groups in total. The second-order valence-electron chi connectivity index (χ2n) is 4.29. The molecule has 0 saturated carbocycles. The lowest BCUT2D eigenvalue weighted by Gasteiger charge is -2.05. The Hall–Kier alpha value is -2.76. The van der Waals surface area contributed by atoms with Gasteiger partial charge in [-0.3, -0.25) is 4.79 Å². The Bertz CT molecular complexity index is 694. The molecule has 1 amide bonds. The molecular formula is C15H12F2N2O2. The second-order valence-corrected chi connectivity index (χ2v) is 4.29. The van der Waals surface area contributed by atoms with Crippen molar-refractivity contribution in [1.82, 2.24) is 5.43 Å². The largest absolute Gasteiger partial charge is 0.508 e. The Morgan fingerprint density at radius 2 is 1.76 bits per heavy atom. The van der Waals surface area contributed by atoms with E-state index in [9.17, 15) is 18.7 Å². The van der Waals surface area contributed by atoms with Gasteiger partial charge in [0.25, 0.3) is 5.91 Å². The van der Waals surface area contributed by atoms with Crippen molar-refractivity contribution < 1.29 is 18.7 Å². The van der Waals surface area contributed by atoms with Crippen LogP contribution in [0.2, 0.25) is 0 Å². The van der Waals surface area contributed by atoms with E-state index in [-0.39, 0.29) is 22.6 Å². The highest BCUT2D eigenvalue weighted by Crippen LogP contribution is 2.13. The molecule has 0 unspecified atom stereocenters. The maximum absolute atomic E-state index is 13.5. The highest BCUT2D eigenvalue weighted by molar-refractivity contribution is 6.01. The first-order valence-corrected chi connectivity index (χ1v) is 6.07. The number of hydrazone groups is 1.